The van der Waals surface area contributed by atoms with Crippen LogP contribution in [0, 0.1) is 0 Å². The lowest BCUT2D eigenvalue weighted by molar-refractivity contribution is -0.133. The van der Waals surface area contributed by atoms with E-state index in [9.17, 15) is 9.59 Å². The summed E-state index contributed by atoms with van der Waals surface area (Å²) in [5, 5.41) is 5.18. The number of amides is 3. The van der Waals surface area contributed by atoms with Crippen LogP contribution in [-0.2, 0) is 11.2 Å². The average molecular weight is 347 g/mol. The molecule has 0 aromatic carbocycles. The third-order valence-electron chi connectivity index (χ3n) is 5.93. The van der Waals surface area contributed by atoms with E-state index in [0.717, 1.165) is 51.5 Å². The van der Waals surface area contributed by atoms with E-state index in [2.05, 4.69) is 28.6 Å². The average Bonchev–Trinajstić information content (AvgIpc) is 3.03. The van der Waals surface area contributed by atoms with Gasteiger partial charge in [0.1, 0.15) is 5.54 Å². The van der Waals surface area contributed by atoms with E-state index in [1.807, 2.05) is 11.3 Å². The Kier molecular flexibility index (Phi) is 4.12. The number of hydrogen-bond acceptors (Lipinski definition) is 4. The molecule has 1 spiro atoms. The predicted molar refractivity (Wildman–Crippen MR) is 93.8 cm³/mol. The van der Waals surface area contributed by atoms with Crippen molar-refractivity contribution in [2.45, 2.75) is 63.5 Å². The highest BCUT2D eigenvalue weighted by molar-refractivity contribution is 7.10. The SMILES string of the molecule is C[C@@H]1c2ccsc2CCN1CN1C(=O)NC2(CCCCCC2)C1=O. The lowest BCUT2D eigenvalue weighted by Crippen LogP contribution is -2.48. The van der Waals surface area contributed by atoms with Gasteiger partial charge in [-0.2, -0.15) is 0 Å². The summed E-state index contributed by atoms with van der Waals surface area (Å²) in [5.74, 6) is -0.00212. The van der Waals surface area contributed by atoms with Crippen LogP contribution in [0.5, 0.6) is 0 Å². The molecule has 0 unspecified atom stereocenters. The zero-order valence-corrected chi connectivity index (χ0v) is 15.0. The van der Waals surface area contributed by atoms with Gasteiger partial charge in [-0.05, 0) is 43.2 Å². The third kappa shape index (κ3) is 2.56. The number of nitrogens with one attached hydrogen (secondary N) is 1. The fourth-order valence-corrected chi connectivity index (χ4v) is 5.37. The molecule has 0 bridgehead atoms. The molecule has 1 aromatic heterocycles. The highest BCUT2D eigenvalue weighted by Gasteiger charge is 2.51. The Morgan fingerprint density at radius 2 is 2.00 bits per heavy atom. The quantitative estimate of drug-likeness (QED) is 0.836. The number of nitrogens with zero attached hydrogens (tertiary/aromatic N) is 2. The fourth-order valence-electron chi connectivity index (χ4n) is 4.41. The van der Waals surface area contributed by atoms with Gasteiger partial charge in [0, 0.05) is 17.5 Å². The fraction of sp³-hybridized carbons (Fsp3) is 0.667. The first kappa shape index (κ1) is 16.1. The molecule has 2 fully saturated rings. The Bertz CT molecular complexity index is 648. The minimum absolute atomic E-state index is 0.00212. The first-order chi connectivity index (χ1) is 11.6. The standard InChI is InChI=1S/C18H25N3O2S/c1-13-14-7-11-24-15(14)6-10-20(13)12-21-16(22)18(19-17(21)23)8-4-2-3-5-9-18/h7,11,13H,2-6,8-10,12H2,1H3,(H,19,23)/t13-/m1/s1. The number of hydrogen-bond donors (Lipinski definition) is 1. The maximum absolute atomic E-state index is 13.0. The molecule has 0 radical (unpaired) electrons. The maximum atomic E-state index is 13.0. The number of urea groups is 1. The summed E-state index contributed by atoms with van der Waals surface area (Å²) >= 11 is 1.81. The summed E-state index contributed by atoms with van der Waals surface area (Å²) in [5.41, 5.74) is 0.725. The van der Waals surface area contributed by atoms with Crippen molar-refractivity contribution in [1.29, 1.82) is 0 Å². The Morgan fingerprint density at radius 1 is 1.25 bits per heavy atom. The molecule has 1 aliphatic carbocycles. The first-order valence-electron chi connectivity index (χ1n) is 9.05. The molecule has 2 aliphatic heterocycles. The predicted octanol–water partition coefficient (Wildman–Crippen LogP) is 3.27. The molecule has 3 amide bonds. The highest BCUT2D eigenvalue weighted by atomic mass is 32.1. The van der Waals surface area contributed by atoms with Crippen molar-refractivity contribution >= 4 is 23.3 Å². The number of thiophene rings is 1. The monoisotopic (exact) mass is 347 g/mol. The molecule has 5 nitrogen and oxygen atoms in total. The van der Waals surface area contributed by atoms with Gasteiger partial charge >= 0.3 is 6.03 Å². The molecule has 1 N–H and O–H groups in total. The van der Waals surface area contributed by atoms with E-state index in [-0.39, 0.29) is 18.0 Å². The summed E-state index contributed by atoms with van der Waals surface area (Å²) in [6.45, 7) is 3.48. The van der Waals surface area contributed by atoms with Crippen LogP contribution < -0.4 is 5.32 Å². The molecule has 24 heavy (non-hydrogen) atoms. The molecule has 1 atom stereocenters. The van der Waals surface area contributed by atoms with Crippen LogP contribution >= 0.6 is 11.3 Å². The summed E-state index contributed by atoms with van der Waals surface area (Å²) in [6.07, 6.45) is 6.96. The van der Waals surface area contributed by atoms with Crippen molar-refractivity contribution in [3.8, 4) is 0 Å². The van der Waals surface area contributed by atoms with E-state index < -0.39 is 5.54 Å². The normalized spacial score (nSPS) is 27.2. The van der Waals surface area contributed by atoms with Crippen LogP contribution in [0.3, 0.4) is 0 Å². The Morgan fingerprint density at radius 3 is 2.75 bits per heavy atom. The van der Waals surface area contributed by atoms with Gasteiger partial charge < -0.3 is 5.32 Å². The minimum Gasteiger partial charge on any atom is -0.323 e. The van der Waals surface area contributed by atoms with Crippen LogP contribution in [0.1, 0.15) is 61.9 Å². The van der Waals surface area contributed by atoms with Gasteiger partial charge in [-0.1, -0.05) is 25.7 Å². The number of imide groups is 1. The van der Waals surface area contributed by atoms with Gasteiger partial charge in [0.15, 0.2) is 0 Å². The van der Waals surface area contributed by atoms with Crippen LogP contribution in [0.25, 0.3) is 0 Å². The summed E-state index contributed by atoms with van der Waals surface area (Å²) in [4.78, 5) is 30.7. The van der Waals surface area contributed by atoms with Crippen molar-refractivity contribution < 1.29 is 9.59 Å². The second-order valence-corrected chi connectivity index (χ2v) is 8.34. The maximum Gasteiger partial charge on any atom is 0.326 e. The Labute approximate surface area is 147 Å². The van der Waals surface area contributed by atoms with Crippen molar-refractivity contribution in [3.05, 3.63) is 21.9 Å². The molecule has 3 heterocycles. The summed E-state index contributed by atoms with van der Waals surface area (Å²) in [6, 6.07) is 2.23. The van der Waals surface area contributed by atoms with Gasteiger partial charge in [0.2, 0.25) is 0 Å². The zero-order chi connectivity index (χ0) is 16.7. The first-order valence-corrected chi connectivity index (χ1v) is 9.93. The van der Waals surface area contributed by atoms with Crippen LogP contribution in [0.2, 0.25) is 0 Å². The largest absolute Gasteiger partial charge is 0.326 e. The molecule has 1 saturated carbocycles. The second kappa shape index (κ2) is 6.15. The molecule has 3 aliphatic rings. The summed E-state index contributed by atoms with van der Waals surface area (Å²) in [7, 11) is 0. The number of carbonyl (C=O) groups is 2. The lowest BCUT2D eigenvalue weighted by atomic mass is 9.90. The third-order valence-corrected chi connectivity index (χ3v) is 6.93. The smallest absolute Gasteiger partial charge is 0.323 e. The van der Waals surface area contributed by atoms with E-state index in [4.69, 9.17) is 0 Å². The van der Waals surface area contributed by atoms with Crippen LogP contribution in [-0.4, -0.2) is 40.5 Å². The van der Waals surface area contributed by atoms with Gasteiger partial charge in [0.05, 0.1) is 6.67 Å². The molecular weight excluding hydrogens is 322 g/mol. The lowest BCUT2D eigenvalue weighted by Gasteiger charge is -2.35. The van der Waals surface area contributed by atoms with Gasteiger partial charge in [-0.15, -0.1) is 11.3 Å². The molecule has 6 heteroatoms. The number of carbonyl (C=O) groups excluding carboxylic acids is 2. The minimum atomic E-state index is -0.625. The van der Waals surface area contributed by atoms with Crippen molar-refractivity contribution in [2.24, 2.45) is 0 Å². The Balaban J connectivity index is 1.51. The van der Waals surface area contributed by atoms with Crippen molar-refractivity contribution in [3.63, 3.8) is 0 Å². The number of fused-ring (bicyclic) bond motifs is 1. The van der Waals surface area contributed by atoms with E-state index >= 15 is 0 Å². The molecule has 4 rings (SSSR count). The zero-order valence-electron chi connectivity index (χ0n) is 14.2. The molecule has 1 aromatic rings. The van der Waals surface area contributed by atoms with Crippen LogP contribution in [0.4, 0.5) is 4.79 Å². The Hall–Kier alpha value is -1.40. The second-order valence-electron chi connectivity index (χ2n) is 7.34. The molecule has 130 valence electrons. The number of rotatable bonds is 2. The topological polar surface area (TPSA) is 52.6 Å². The van der Waals surface area contributed by atoms with Gasteiger partial charge in [-0.25, -0.2) is 9.69 Å². The summed E-state index contributed by atoms with van der Waals surface area (Å²) < 4.78 is 0. The van der Waals surface area contributed by atoms with E-state index in [0.29, 0.717) is 6.67 Å². The highest BCUT2D eigenvalue weighted by Crippen LogP contribution is 2.35. The van der Waals surface area contributed by atoms with E-state index in [1.165, 1.54) is 15.3 Å². The van der Waals surface area contributed by atoms with E-state index in [1.54, 1.807) is 0 Å². The van der Waals surface area contributed by atoms with Crippen molar-refractivity contribution in [2.75, 3.05) is 13.2 Å². The molecule has 1 saturated heterocycles. The van der Waals surface area contributed by atoms with Gasteiger partial charge in [0.25, 0.3) is 5.91 Å². The van der Waals surface area contributed by atoms with Gasteiger partial charge in [-0.3, -0.25) is 9.69 Å². The molecular formula is C18H25N3O2S. The van der Waals surface area contributed by atoms with Crippen LogP contribution in [0.15, 0.2) is 11.4 Å². The van der Waals surface area contributed by atoms with Crippen molar-refractivity contribution in [1.82, 2.24) is 15.1 Å².